The van der Waals surface area contributed by atoms with E-state index < -0.39 is 5.91 Å². The summed E-state index contributed by atoms with van der Waals surface area (Å²) in [5.41, 5.74) is 5.28. The molecule has 0 unspecified atom stereocenters. The van der Waals surface area contributed by atoms with Gasteiger partial charge in [-0.05, 0) is 40.8 Å². The summed E-state index contributed by atoms with van der Waals surface area (Å²) >= 11 is 1.96. The lowest BCUT2D eigenvalue weighted by Gasteiger charge is -2.04. The van der Waals surface area contributed by atoms with Gasteiger partial charge in [0.2, 0.25) is 5.91 Å². The Hall–Kier alpha value is -1.31. The number of hydrogen-bond donors (Lipinski definition) is 3. The number of primary amides is 1. The average Bonchev–Trinajstić information content (AvgIpc) is 2.21. The zero-order valence-electron chi connectivity index (χ0n) is 8.37. The number of aromatic hydroxyl groups is 1. The van der Waals surface area contributed by atoms with E-state index in [0.717, 1.165) is 0 Å². The number of hydrogen-bond acceptors (Lipinski definition) is 3. The number of amides is 2. The van der Waals surface area contributed by atoms with E-state index in [-0.39, 0.29) is 24.6 Å². The van der Waals surface area contributed by atoms with Crippen molar-refractivity contribution in [3.63, 3.8) is 0 Å². The van der Waals surface area contributed by atoms with Crippen LogP contribution < -0.4 is 11.1 Å². The minimum Gasteiger partial charge on any atom is -0.507 e. The van der Waals surface area contributed by atoms with E-state index >= 15 is 0 Å². The summed E-state index contributed by atoms with van der Waals surface area (Å²) in [4.78, 5) is 22.0. The standard InChI is InChI=1S/C10H11IN2O3/c11-7-2-1-6(5-8(7)14)10(16)13-4-3-9(12)15/h1-2,5,14H,3-4H2,(H2,12,15)(H,13,16). The Morgan fingerprint density at radius 2 is 2.12 bits per heavy atom. The van der Waals surface area contributed by atoms with Gasteiger partial charge in [0.1, 0.15) is 5.75 Å². The van der Waals surface area contributed by atoms with Crippen molar-refractivity contribution in [2.75, 3.05) is 6.54 Å². The molecule has 1 rings (SSSR count). The molecule has 16 heavy (non-hydrogen) atoms. The van der Waals surface area contributed by atoms with Gasteiger partial charge in [0.15, 0.2) is 0 Å². The Labute approximate surface area is 106 Å². The first-order valence-electron chi connectivity index (χ1n) is 4.55. The van der Waals surface area contributed by atoms with Crippen LogP contribution in [0.5, 0.6) is 5.75 Å². The van der Waals surface area contributed by atoms with Crippen LogP contribution in [-0.2, 0) is 4.79 Å². The predicted molar refractivity (Wildman–Crippen MR) is 67.0 cm³/mol. The lowest BCUT2D eigenvalue weighted by molar-refractivity contribution is -0.117. The highest BCUT2D eigenvalue weighted by Gasteiger charge is 2.07. The van der Waals surface area contributed by atoms with Crippen molar-refractivity contribution in [2.45, 2.75) is 6.42 Å². The van der Waals surface area contributed by atoms with Gasteiger partial charge in [0, 0.05) is 18.5 Å². The number of phenolic OH excluding ortho intramolecular Hbond substituents is 1. The van der Waals surface area contributed by atoms with Crippen molar-refractivity contribution in [1.82, 2.24) is 5.32 Å². The molecular formula is C10H11IN2O3. The highest BCUT2D eigenvalue weighted by molar-refractivity contribution is 14.1. The second kappa shape index (κ2) is 5.69. The smallest absolute Gasteiger partial charge is 0.251 e. The molecule has 86 valence electrons. The highest BCUT2D eigenvalue weighted by Crippen LogP contribution is 2.20. The molecule has 1 aromatic carbocycles. The lowest BCUT2D eigenvalue weighted by atomic mass is 10.2. The zero-order chi connectivity index (χ0) is 12.1. The first-order valence-corrected chi connectivity index (χ1v) is 5.63. The Balaban J connectivity index is 2.59. The molecule has 0 aliphatic rings. The summed E-state index contributed by atoms with van der Waals surface area (Å²) in [6.07, 6.45) is 0.0993. The van der Waals surface area contributed by atoms with Crippen molar-refractivity contribution < 1.29 is 14.7 Å². The minimum absolute atomic E-state index is 0.0585. The number of carbonyl (C=O) groups is 2. The minimum atomic E-state index is -0.467. The summed E-state index contributed by atoms with van der Waals surface area (Å²) in [5.74, 6) is -0.748. The van der Waals surface area contributed by atoms with E-state index in [4.69, 9.17) is 5.73 Å². The Morgan fingerprint density at radius 3 is 2.69 bits per heavy atom. The molecule has 0 bridgehead atoms. The summed E-state index contributed by atoms with van der Waals surface area (Å²) in [7, 11) is 0. The van der Waals surface area contributed by atoms with Crippen molar-refractivity contribution >= 4 is 34.4 Å². The first-order chi connectivity index (χ1) is 7.50. The van der Waals surface area contributed by atoms with Crippen LogP contribution in [0.4, 0.5) is 0 Å². The highest BCUT2D eigenvalue weighted by atomic mass is 127. The number of halogens is 1. The molecule has 2 amide bonds. The number of benzene rings is 1. The van der Waals surface area contributed by atoms with Gasteiger partial charge in [-0.2, -0.15) is 0 Å². The molecule has 4 N–H and O–H groups in total. The van der Waals surface area contributed by atoms with Crippen LogP contribution in [0.25, 0.3) is 0 Å². The quantitative estimate of drug-likeness (QED) is 0.704. The summed E-state index contributed by atoms with van der Waals surface area (Å²) in [6, 6.07) is 4.61. The lowest BCUT2D eigenvalue weighted by Crippen LogP contribution is -2.27. The van der Waals surface area contributed by atoms with Crippen LogP contribution in [-0.4, -0.2) is 23.5 Å². The third-order valence-electron chi connectivity index (χ3n) is 1.87. The average molecular weight is 334 g/mol. The third kappa shape index (κ3) is 3.69. The van der Waals surface area contributed by atoms with E-state index in [0.29, 0.717) is 9.13 Å². The van der Waals surface area contributed by atoms with Gasteiger partial charge >= 0.3 is 0 Å². The Morgan fingerprint density at radius 1 is 1.44 bits per heavy atom. The predicted octanol–water partition coefficient (Wildman–Crippen LogP) is 0.602. The van der Waals surface area contributed by atoms with Crippen LogP contribution in [0.15, 0.2) is 18.2 Å². The number of nitrogens with two attached hydrogens (primary N) is 1. The molecule has 1 aromatic rings. The fraction of sp³-hybridized carbons (Fsp3) is 0.200. The van der Waals surface area contributed by atoms with E-state index in [1.54, 1.807) is 12.1 Å². The molecule has 6 heteroatoms. The second-order valence-electron chi connectivity index (χ2n) is 3.14. The monoisotopic (exact) mass is 334 g/mol. The van der Waals surface area contributed by atoms with Crippen molar-refractivity contribution in [1.29, 1.82) is 0 Å². The number of carbonyl (C=O) groups excluding carboxylic acids is 2. The van der Waals surface area contributed by atoms with E-state index in [2.05, 4.69) is 5.32 Å². The number of phenols is 1. The zero-order valence-corrected chi connectivity index (χ0v) is 10.5. The summed E-state index contributed by atoms with van der Waals surface area (Å²) in [6.45, 7) is 0.195. The SMILES string of the molecule is NC(=O)CCNC(=O)c1ccc(I)c(O)c1. The van der Waals surface area contributed by atoms with Crippen LogP contribution >= 0.6 is 22.6 Å². The van der Waals surface area contributed by atoms with Gasteiger partial charge in [0.25, 0.3) is 5.91 Å². The van der Waals surface area contributed by atoms with Crippen LogP contribution in [0, 0.1) is 3.57 Å². The Kier molecular flexibility index (Phi) is 4.53. The molecular weight excluding hydrogens is 323 g/mol. The fourth-order valence-corrected chi connectivity index (χ4v) is 1.39. The Bertz CT molecular complexity index is 421. The summed E-state index contributed by atoms with van der Waals surface area (Å²) < 4.78 is 0.672. The fourth-order valence-electron chi connectivity index (χ4n) is 1.06. The van der Waals surface area contributed by atoms with Gasteiger partial charge in [-0.1, -0.05) is 0 Å². The molecule has 0 spiro atoms. The molecule has 0 aliphatic heterocycles. The van der Waals surface area contributed by atoms with E-state index in [1.165, 1.54) is 6.07 Å². The molecule has 0 saturated heterocycles. The molecule has 0 saturated carbocycles. The van der Waals surface area contributed by atoms with Crippen molar-refractivity contribution in [2.24, 2.45) is 5.73 Å². The largest absolute Gasteiger partial charge is 0.507 e. The molecule has 0 aromatic heterocycles. The molecule has 5 nitrogen and oxygen atoms in total. The van der Waals surface area contributed by atoms with E-state index in [9.17, 15) is 14.7 Å². The maximum Gasteiger partial charge on any atom is 0.251 e. The molecule has 0 radical (unpaired) electrons. The van der Waals surface area contributed by atoms with Gasteiger partial charge in [0.05, 0.1) is 3.57 Å². The molecule has 0 heterocycles. The molecule has 0 aliphatic carbocycles. The maximum absolute atomic E-state index is 11.5. The van der Waals surface area contributed by atoms with E-state index in [1.807, 2.05) is 22.6 Å². The normalized spacial score (nSPS) is 9.81. The summed E-state index contributed by atoms with van der Waals surface area (Å²) in [5, 5.41) is 11.9. The molecule has 0 atom stereocenters. The molecule has 0 fully saturated rings. The van der Waals surface area contributed by atoms with Gasteiger partial charge in [-0.25, -0.2) is 0 Å². The second-order valence-corrected chi connectivity index (χ2v) is 4.30. The first kappa shape index (κ1) is 12.8. The maximum atomic E-state index is 11.5. The van der Waals surface area contributed by atoms with Crippen LogP contribution in [0.1, 0.15) is 16.8 Å². The van der Waals surface area contributed by atoms with Crippen molar-refractivity contribution in [3.8, 4) is 5.75 Å². The third-order valence-corrected chi connectivity index (χ3v) is 2.78. The topological polar surface area (TPSA) is 92.4 Å². The number of nitrogens with one attached hydrogen (secondary N) is 1. The van der Waals surface area contributed by atoms with Gasteiger partial charge < -0.3 is 16.2 Å². The van der Waals surface area contributed by atoms with Crippen LogP contribution in [0.3, 0.4) is 0 Å². The van der Waals surface area contributed by atoms with Gasteiger partial charge in [-0.15, -0.1) is 0 Å². The van der Waals surface area contributed by atoms with Crippen LogP contribution in [0.2, 0.25) is 0 Å². The van der Waals surface area contributed by atoms with Crippen molar-refractivity contribution in [3.05, 3.63) is 27.3 Å². The number of rotatable bonds is 4. The van der Waals surface area contributed by atoms with Gasteiger partial charge in [-0.3, -0.25) is 9.59 Å².